The lowest BCUT2D eigenvalue weighted by molar-refractivity contribution is -0.135. The molecule has 0 saturated carbocycles. The molecule has 3 aromatic rings. The van der Waals surface area contributed by atoms with E-state index in [2.05, 4.69) is 34.1 Å². The van der Waals surface area contributed by atoms with Gasteiger partial charge in [-0.1, -0.05) is 12.1 Å². The van der Waals surface area contributed by atoms with Crippen LogP contribution in [0.2, 0.25) is 0 Å². The number of ether oxygens (including phenoxy) is 6. The molecule has 2 aliphatic heterocycles. The first-order valence-corrected chi connectivity index (χ1v) is 15.1. The van der Waals surface area contributed by atoms with Crippen LogP contribution < -0.4 is 33.3 Å². The van der Waals surface area contributed by atoms with E-state index in [1.54, 1.807) is 35.5 Å². The molecular weight excluding hydrogens is 560 g/mol. The van der Waals surface area contributed by atoms with Crippen molar-refractivity contribution in [2.45, 2.75) is 37.5 Å². The molecule has 44 heavy (non-hydrogen) atoms. The summed E-state index contributed by atoms with van der Waals surface area (Å²) in [4.78, 5) is 17.9. The van der Waals surface area contributed by atoms with Crippen molar-refractivity contribution in [2.24, 2.45) is 0 Å². The molecule has 1 saturated heterocycles. The van der Waals surface area contributed by atoms with E-state index in [0.29, 0.717) is 34.5 Å². The number of anilines is 1. The molecule has 0 radical (unpaired) electrons. The Bertz CT molecular complexity index is 1440. The highest BCUT2D eigenvalue weighted by Gasteiger charge is 2.38. The molecule has 3 aromatic carbocycles. The van der Waals surface area contributed by atoms with Gasteiger partial charge in [-0.05, 0) is 74.3 Å². The summed E-state index contributed by atoms with van der Waals surface area (Å²) in [6.45, 7) is 3.01. The van der Waals surface area contributed by atoms with E-state index >= 15 is 0 Å². The van der Waals surface area contributed by atoms with Gasteiger partial charge in [0.25, 0.3) is 0 Å². The standard InChI is InChI=1S/C35H44N2O7/c1-36(2)24-12-10-22(11-13-24)26-20-31(38)44-35-32(27(39-3)21-28(40-4)33(26)35)25(14-17-37-15-8-9-16-37)23-18-29(41-5)34(43-7)30(19-23)42-6/h10-13,18-19,21,25-26H,8-9,14-17,20H2,1-7H3/t25-,26-/m1/s1. The van der Waals surface area contributed by atoms with Crippen LogP contribution in [0.1, 0.15) is 59.8 Å². The lowest BCUT2D eigenvalue weighted by atomic mass is 9.80. The summed E-state index contributed by atoms with van der Waals surface area (Å²) >= 11 is 0. The maximum absolute atomic E-state index is 13.4. The summed E-state index contributed by atoms with van der Waals surface area (Å²) in [5.74, 6) is 2.60. The predicted molar refractivity (Wildman–Crippen MR) is 171 cm³/mol. The van der Waals surface area contributed by atoms with Crippen molar-refractivity contribution in [3.63, 3.8) is 0 Å². The third kappa shape index (κ3) is 6.11. The van der Waals surface area contributed by atoms with Crippen LogP contribution >= 0.6 is 0 Å². The summed E-state index contributed by atoms with van der Waals surface area (Å²) in [7, 11) is 12.1. The molecule has 0 bridgehead atoms. The van der Waals surface area contributed by atoms with Crippen molar-refractivity contribution >= 4 is 11.7 Å². The first kappa shape index (κ1) is 31.3. The number of carbonyl (C=O) groups excluding carboxylic acids is 1. The number of likely N-dealkylation sites (tertiary alicyclic amines) is 1. The molecule has 2 heterocycles. The van der Waals surface area contributed by atoms with Crippen molar-refractivity contribution in [2.75, 3.05) is 74.2 Å². The average molecular weight is 605 g/mol. The van der Waals surface area contributed by atoms with Gasteiger partial charge in [0.15, 0.2) is 11.5 Å². The molecule has 1 fully saturated rings. The van der Waals surface area contributed by atoms with E-state index in [-0.39, 0.29) is 24.2 Å². The van der Waals surface area contributed by atoms with Crippen molar-refractivity contribution in [1.29, 1.82) is 0 Å². The number of fused-ring (bicyclic) bond motifs is 1. The van der Waals surface area contributed by atoms with Crippen LogP contribution in [0, 0.1) is 0 Å². The SMILES string of the molecule is COc1cc([C@@H](CCN2CCCC2)c2c(OC)cc(OC)c3c2OC(=O)C[C@@H]3c2ccc(N(C)C)cc2)cc(OC)c1OC. The van der Waals surface area contributed by atoms with Crippen LogP contribution in [-0.2, 0) is 4.79 Å². The maximum atomic E-state index is 13.4. The molecule has 9 heteroatoms. The molecule has 9 nitrogen and oxygen atoms in total. The molecule has 0 amide bonds. The monoisotopic (exact) mass is 604 g/mol. The number of methoxy groups -OCH3 is 5. The zero-order chi connectivity index (χ0) is 31.4. The second-order valence-electron chi connectivity index (χ2n) is 11.5. The first-order valence-electron chi connectivity index (χ1n) is 15.1. The highest BCUT2D eigenvalue weighted by molar-refractivity contribution is 5.81. The highest BCUT2D eigenvalue weighted by Crippen LogP contribution is 2.54. The van der Waals surface area contributed by atoms with Gasteiger partial charge in [0.1, 0.15) is 17.2 Å². The topological polar surface area (TPSA) is 78.9 Å². The maximum Gasteiger partial charge on any atom is 0.312 e. The minimum Gasteiger partial charge on any atom is -0.496 e. The number of hydrogen-bond acceptors (Lipinski definition) is 9. The van der Waals surface area contributed by atoms with Crippen LogP contribution in [0.4, 0.5) is 5.69 Å². The molecule has 0 unspecified atom stereocenters. The van der Waals surface area contributed by atoms with E-state index in [0.717, 1.165) is 54.0 Å². The number of carbonyl (C=O) groups is 1. The van der Waals surface area contributed by atoms with Gasteiger partial charge in [0.05, 0.1) is 42.0 Å². The Balaban J connectivity index is 1.73. The molecule has 0 spiro atoms. The number of nitrogens with zero attached hydrogens (tertiary/aromatic N) is 2. The van der Waals surface area contributed by atoms with E-state index in [9.17, 15) is 4.79 Å². The van der Waals surface area contributed by atoms with E-state index in [1.807, 2.05) is 32.3 Å². The zero-order valence-corrected chi connectivity index (χ0v) is 26.9. The number of esters is 1. The summed E-state index contributed by atoms with van der Waals surface area (Å²) in [5, 5.41) is 0. The summed E-state index contributed by atoms with van der Waals surface area (Å²) < 4.78 is 35.3. The van der Waals surface area contributed by atoms with E-state index in [4.69, 9.17) is 28.4 Å². The van der Waals surface area contributed by atoms with Gasteiger partial charge in [-0.15, -0.1) is 0 Å². The largest absolute Gasteiger partial charge is 0.496 e. The molecule has 2 atom stereocenters. The van der Waals surface area contributed by atoms with Gasteiger partial charge in [0.2, 0.25) is 5.75 Å². The molecule has 5 rings (SSSR count). The van der Waals surface area contributed by atoms with Gasteiger partial charge in [-0.2, -0.15) is 0 Å². The van der Waals surface area contributed by atoms with Crippen LogP contribution in [-0.4, -0.2) is 80.1 Å². The smallest absolute Gasteiger partial charge is 0.312 e. The van der Waals surface area contributed by atoms with Crippen LogP contribution in [0.15, 0.2) is 42.5 Å². The normalized spacial score (nSPS) is 17.0. The molecule has 2 aliphatic rings. The molecule has 0 aliphatic carbocycles. The summed E-state index contributed by atoms with van der Waals surface area (Å²) in [5.41, 5.74) is 4.69. The number of benzene rings is 3. The Morgan fingerprint density at radius 3 is 2.00 bits per heavy atom. The quantitative estimate of drug-likeness (QED) is 0.187. The predicted octanol–water partition coefficient (Wildman–Crippen LogP) is 5.85. The van der Waals surface area contributed by atoms with Gasteiger partial charge in [-0.25, -0.2) is 0 Å². The minimum atomic E-state index is -0.293. The third-order valence-corrected chi connectivity index (χ3v) is 8.84. The Morgan fingerprint density at radius 1 is 0.841 bits per heavy atom. The fraction of sp³-hybridized carbons (Fsp3) is 0.457. The van der Waals surface area contributed by atoms with E-state index in [1.165, 1.54) is 12.8 Å². The molecule has 0 aromatic heterocycles. The van der Waals surface area contributed by atoms with Gasteiger partial charge in [0, 0.05) is 48.8 Å². The van der Waals surface area contributed by atoms with Crippen LogP contribution in [0.3, 0.4) is 0 Å². The Hall–Kier alpha value is -4.11. The highest BCUT2D eigenvalue weighted by atomic mass is 16.5. The fourth-order valence-corrected chi connectivity index (χ4v) is 6.56. The number of hydrogen-bond donors (Lipinski definition) is 0. The Labute approximate surface area is 260 Å². The lowest BCUT2D eigenvalue weighted by Gasteiger charge is -2.33. The first-order chi connectivity index (χ1) is 21.3. The van der Waals surface area contributed by atoms with Crippen molar-refractivity contribution < 1.29 is 33.2 Å². The van der Waals surface area contributed by atoms with Crippen LogP contribution in [0.5, 0.6) is 34.5 Å². The fourth-order valence-electron chi connectivity index (χ4n) is 6.56. The molecule has 236 valence electrons. The lowest BCUT2D eigenvalue weighted by Crippen LogP contribution is -2.26. The van der Waals surface area contributed by atoms with Crippen LogP contribution in [0.25, 0.3) is 0 Å². The molecule has 0 N–H and O–H groups in total. The average Bonchev–Trinajstić information content (AvgIpc) is 3.57. The minimum absolute atomic E-state index is 0.207. The summed E-state index contributed by atoms with van der Waals surface area (Å²) in [6.07, 6.45) is 3.36. The zero-order valence-electron chi connectivity index (χ0n) is 26.9. The second kappa shape index (κ2) is 13.7. The van der Waals surface area contributed by atoms with Crippen molar-refractivity contribution in [3.05, 3.63) is 64.7 Å². The second-order valence-corrected chi connectivity index (χ2v) is 11.5. The van der Waals surface area contributed by atoms with Gasteiger partial charge in [-0.3, -0.25) is 4.79 Å². The summed E-state index contributed by atoms with van der Waals surface area (Å²) in [6, 6.07) is 14.2. The Kier molecular flexibility index (Phi) is 9.74. The number of rotatable bonds is 12. The Morgan fingerprint density at radius 2 is 1.45 bits per heavy atom. The molecular formula is C35H44N2O7. The van der Waals surface area contributed by atoms with Gasteiger partial charge >= 0.3 is 5.97 Å². The van der Waals surface area contributed by atoms with Crippen molar-refractivity contribution in [3.8, 4) is 34.5 Å². The van der Waals surface area contributed by atoms with Gasteiger partial charge < -0.3 is 38.2 Å². The van der Waals surface area contributed by atoms with Crippen molar-refractivity contribution in [1.82, 2.24) is 4.90 Å². The van der Waals surface area contributed by atoms with E-state index < -0.39 is 0 Å². The third-order valence-electron chi connectivity index (χ3n) is 8.84.